The van der Waals surface area contributed by atoms with Gasteiger partial charge in [-0.2, -0.15) is 5.10 Å². The Labute approximate surface area is 157 Å². The fourth-order valence-corrected chi connectivity index (χ4v) is 2.75. The normalized spacial score (nSPS) is 10.6. The summed E-state index contributed by atoms with van der Waals surface area (Å²) in [4.78, 5) is 16.7. The lowest BCUT2D eigenvalue weighted by molar-refractivity contribution is 0.0951. The molecule has 3 aromatic rings. The van der Waals surface area contributed by atoms with Crippen LogP contribution >= 0.6 is 0 Å². The number of rotatable bonds is 7. The molecule has 0 unspecified atom stereocenters. The molecule has 0 aliphatic rings. The summed E-state index contributed by atoms with van der Waals surface area (Å²) in [6, 6.07) is 12.3. The minimum Gasteiger partial charge on any atom is -0.504 e. The molecule has 1 heterocycles. The molecule has 0 bridgehead atoms. The Bertz CT molecular complexity index is 919. The summed E-state index contributed by atoms with van der Waals surface area (Å²) >= 11 is 0. The largest absolute Gasteiger partial charge is 0.504 e. The zero-order chi connectivity index (χ0) is 19.2. The second-order valence-electron chi connectivity index (χ2n) is 6.07. The summed E-state index contributed by atoms with van der Waals surface area (Å²) in [5.74, 6) is 1.06. The number of aromatic hydroxyl groups is 1. The van der Waals surface area contributed by atoms with Gasteiger partial charge in [0.1, 0.15) is 6.33 Å². The van der Waals surface area contributed by atoms with Crippen molar-refractivity contribution in [2.24, 2.45) is 0 Å². The van der Waals surface area contributed by atoms with Gasteiger partial charge < -0.3 is 15.2 Å². The highest BCUT2D eigenvalue weighted by Crippen LogP contribution is 2.26. The molecule has 2 N–H and O–H groups in total. The molecule has 27 heavy (non-hydrogen) atoms. The number of ether oxygens (including phenoxy) is 1. The van der Waals surface area contributed by atoms with Crippen LogP contribution in [0.4, 0.5) is 0 Å². The number of nitrogens with zero attached hydrogens (tertiary/aromatic N) is 3. The molecule has 0 spiro atoms. The predicted octanol–water partition coefficient (Wildman–Crippen LogP) is 3.00. The molecule has 0 saturated heterocycles. The number of benzene rings is 2. The van der Waals surface area contributed by atoms with Crippen LogP contribution in [0.2, 0.25) is 0 Å². The molecular formula is C20H22N4O3. The smallest absolute Gasteiger partial charge is 0.251 e. The van der Waals surface area contributed by atoms with Gasteiger partial charge in [0, 0.05) is 24.2 Å². The summed E-state index contributed by atoms with van der Waals surface area (Å²) in [7, 11) is 1.49. The van der Waals surface area contributed by atoms with E-state index in [1.165, 1.54) is 13.4 Å². The van der Waals surface area contributed by atoms with Gasteiger partial charge in [-0.1, -0.05) is 25.1 Å². The quantitative estimate of drug-likeness (QED) is 0.671. The van der Waals surface area contributed by atoms with Crippen LogP contribution in [0, 0.1) is 0 Å². The van der Waals surface area contributed by atoms with Gasteiger partial charge >= 0.3 is 0 Å². The molecule has 0 saturated carbocycles. The highest BCUT2D eigenvalue weighted by Gasteiger charge is 2.10. The van der Waals surface area contributed by atoms with E-state index in [1.807, 2.05) is 16.8 Å². The molecule has 1 amide bonds. The van der Waals surface area contributed by atoms with Crippen LogP contribution in [-0.2, 0) is 13.1 Å². The Morgan fingerprint density at radius 2 is 2.00 bits per heavy atom. The summed E-state index contributed by atoms with van der Waals surface area (Å²) < 4.78 is 6.93. The number of methoxy groups -OCH3 is 1. The Morgan fingerprint density at radius 3 is 2.70 bits per heavy atom. The van der Waals surface area contributed by atoms with Gasteiger partial charge in [0.05, 0.1) is 7.11 Å². The maximum atomic E-state index is 12.4. The number of nitrogens with one attached hydrogen (secondary N) is 1. The molecule has 7 nitrogen and oxygen atoms in total. The predicted molar refractivity (Wildman–Crippen MR) is 102 cm³/mol. The number of aryl methyl sites for hydroxylation is 1. The first-order chi connectivity index (χ1) is 13.1. The zero-order valence-electron chi connectivity index (χ0n) is 15.3. The van der Waals surface area contributed by atoms with Crippen molar-refractivity contribution in [1.82, 2.24) is 20.1 Å². The van der Waals surface area contributed by atoms with Crippen LogP contribution in [0.3, 0.4) is 0 Å². The lowest BCUT2D eigenvalue weighted by Gasteiger charge is -2.09. The van der Waals surface area contributed by atoms with Gasteiger partial charge in [0.15, 0.2) is 17.3 Å². The van der Waals surface area contributed by atoms with E-state index in [4.69, 9.17) is 4.74 Å². The highest BCUT2D eigenvalue weighted by atomic mass is 16.5. The van der Waals surface area contributed by atoms with Crippen molar-refractivity contribution in [2.45, 2.75) is 26.4 Å². The third-order valence-corrected chi connectivity index (χ3v) is 4.15. The maximum Gasteiger partial charge on any atom is 0.251 e. The number of aromatic nitrogens is 3. The zero-order valence-corrected chi connectivity index (χ0v) is 15.3. The van der Waals surface area contributed by atoms with Crippen molar-refractivity contribution in [3.8, 4) is 22.9 Å². The molecule has 2 aromatic carbocycles. The first kappa shape index (κ1) is 18.4. The van der Waals surface area contributed by atoms with Gasteiger partial charge in [-0.15, -0.1) is 0 Å². The van der Waals surface area contributed by atoms with Gasteiger partial charge in [0.25, 0.3) is 5.91 Å². The van der Waals surface area contributed by atoms with Crippen molar-refractivity contribution in [3.05, 3.63) is 59.9 Å². The minimum absolute atomic E-state index is 0.0686. The number of amides is 1. The van der Waals surface area contributed by atoms with E-state index in [-0.39, 0.29) is 11.7 Å². The number of phenols is 1. The molecule has 0 fully saturated rings. The second kappa shape index (κ2) is 8.35. The average molecular weight is 366 g/mol. The minimum atomic E-state index is -0.177. The molecule has 1 aromatic heterocycles. The average Bonchev–Trinajstić information content (AvgIpc) is 3.16. The van der Waals surface area contributed by atoms with E-state index >= 15 is 0 Å². The summed E-state index contributed by atoms with van der Waals surface area (Å²) in [5.41, 5.74) is 2.31. The van der Waals surface area contributed by atoms with E-state index in [1.54, 1.807) is 30.3 Å². The third-order valence-electron chi connectivity index (χ3n) is 4.15. The second-order valence-corrected chi connectivity index (χ2v) is 6.07. The third kappa shape index (κ3) is 4.25. The summed E-state index contributed by atoms with van der Waals surface area (Å²) in [6.45, 7) is 3.22. The topological polar surface area (TPSA) is 89.3 Å². The van der Waals surface area contributed by atoms with Gasteiger partial charge in [-0.25, -0.2) is 9.67 Å². The number of carbonyl (C=O) groups is 1. The summed E-state index contributed by atoms with van der Waals surface area (Å²) in [6.07, 6.45) is 2.51. The van der Waals surface area contributed by atoms with Crippen LogP contribution in [0.25, 0.3) is 11.4 Å². The van der Waals surface area contributed by atoms with E-state index in [0.717, 1.165) is 29.9 Å². The standard InChI is InChI=1S/C20H22N4O3/c1-3-10-24-19(22-13-23-24)15-5-7-16(8-6-15)20(26)21-12-14-4-9-17(25)18(11-14)27-2/h4-9,11,13,25H,3,10,12H2,1-2H3,(H,21,26). The molecule has 3 rings (SSSR count). The molecular weight excluding hydrogens is 344 g/mol. The van der Waals surface area contributed by atoms with Crippen molar-refractivity contribution in [1.29, 1.82) is 0 Å². The lowest BCUT2D eigenvalue weighted by Crippen LogP contribution is -2.22. The molecule has 7 heteroatoms. The van der Waals surface area contributed by atoms with Crippen molar-refractivity contribution in [3.63, 3.8) is 0 Å². The molecule has 0 radical (unpaired) electrons. The van der Waals surface area contributed by atoms with E-state index < -0.39 is 0 Å². The number of carbonyl (C=O) groups excluding carboxylic acids is 1. The lowest BCUT2D eigenvalue weighted by atomic mass is 10.1. The van der Waals surface area contributed by atoms with Gasteiger partial charge in [-0.3, -0.25) is 4.79 Å². The van der Waals surface area contributed by atoms with Crippen LogP contribution in [0.1, 0.15) is 29.3 Å². The molecule has 0 aliphatic carbocycles. The van der Waals surface area contributed by atoms with Crippen LogP contribution in [0.5, 0.6) is 11.5 Å². The Balaban J connectivity index is 1.66. The molecule has 0 atom stereocenters. The molecule has 0 aliphatic heterocycles. The SMILES string of the molecule is CCCn1ncnc1-c1ccc(C(=O)NCc2ccc(O)c(OC)c2)cc1. The van der Waals surface area contributed by atoms with Gasteiger partial charge in [-0.05, 0) is 36.2 Å². The van der Waals surface area contributed by atoms with Crippen molar-refractivity contribution < 1.29 is 14.6 Å². The van der Waals surface area contributed by atoms with E-state index in [2.05, 4.69) is 22.3 Å². The highest BCUT2D eigenvalue weighted by molar-refractivity contribution is 5.94. The Hall–Kier alpha value is -3.35. The van der Waals surface area contributed by atoms with Crippen LogP contribution < -0.4 is 10.1 Å². The number of hydrogen-bond donors (Lipinski definition) is 2. The Kier molecular flexibility index (Phi) is 5.71. The summed E-state index contributed by atoms with van der Waals surface area (Å²) in [5, 5.41) is 16.7. The fourth-order valence-electron chi connectivity index (χ4n) is 2.75. The van der Waals surface area contributed by atoms with E-state index in [9.17, 15) is 9.90 Å². The maximum absolute atomic E-state index is 12.4. The van der Waals surface area contributed by atoms with Crippen molar-refractivity contribution >= 4 is 5.91 Å². The number of phenolic OH excluding ortho intramolecular Hbond substituents is 1. The number of hydrogen-bond acceptors (Lipinski definition) is 5. The van der Waals surface area contributed by atoms with Crippen LogP contribution in [-0.4, -0.2) is 32.9 Å². The first-order valence-corrected chi connectivity index (χ1v) is 8.74. The van der Waals surface area contributed by atoms with E-state index in [0.29, 0.717) is 17.9 Å². The van der Waals surface area contributed by atoms with Crippen LogP contribution in [0.15, 0.2) is 48.8 Å². The molecule has 140 valence electrons. The van der Waals surface area contributed by atoms with Gasteiger partial charge in [0.2, 0.25) is 0 Å². The fraction of sp³-hybridized carbons (Fsp3) is 0.250. The first-order valence-electron chi connectivity index (χ1n) is 8.74. The Morgan fingerprint density at radius 1 is 1.22 bits per heavy atom. The monoisotopic (exact) mass is 366 g/mol. The van der Waals surface area contributed by atoms with Crippen molar-refractivity contribution in [2.75, 3.05) is 7.11 Å².